The Labute approximate surface area is 181 Å². The van der Waals surface area contributed by atoms with E-state index in [1.54, 1.807) is 0 Å². The van der Waals surface area contributed by atoms with E-state index in [-0.39, 0.29) is 27.6 Å². The Kier molecular flexibility index (Phi) is 5.73. The van der Waals surface area contributed by atoms with Crippen molar-refractivity contribution in [1.82, 2.24) is 4.31 Å². The van der Waals surface area contributed by atoms with Crippen molar-refractivity contribution in [3.05, 3.63) is 48.0 Å². The number of ether oxygens (including phenoxy) is 3. The number of rotatable bonds is 6. The summed E-state index contributed by atoms with van der Waals surface area (Å²) >= 11 is 0. The van der Waals surface area contributed by atoms with Gasteiger partial charge in [0.1, 0.15) is 0 Å². The molecule has 1 fully saturated rings. The number of anilines is 1. The van der Waals surface area contributed by atoms with E-state index in [9.17, 15) is 26.8 Å². The van der Waals surface area contributed by atoms with Crippen molar-refractivity contribution in [3.63, 3.8) is 0 Å². The molecule has 9 nitrogen and oxygen atoms in total. The Morgan fingerprint density at radius 1 is 1.03 bits per heavy atom. The number of hydrogen-bond donors (Lipinski definition) is 1. The minimum atomic E-state index is -3.77. The van der Waals surface area contributed by atoms with Crippen molar-refractivity contribution in [2.75, 3.05) is 25.0 Å². The van der Waals surface area contributed by atoms with Crippen molar-refractivity contribution in [2.24, 2.45) is 0 Å². The summed E-state index contributed by atoms with van der Waals surface area (Å²) in [6, 6.07) is 8.91. The molecule has 2 aliphatic heterocycles. The van der Waals surface area contributed by atoms with Crippen molar-refractivity contribution >= 4 is 27.6 Å². The Morgan fingerprint density at radius 2 is 1.69 bits per heavy atom. The lowest BCUT2D eigenvalue weighted by Crippen LogP contribution is -2.27. The summed E-state index contributed by atoms with van der Waals surface area (Å²) in [5.41, 5.74) is 0.214. The van der Waals surface area contributed by atoms with Crippen LogP contribution >= 0.6 is 0 Å². The number of nitrogens with zero attached hydrogens (tertiary/aromatic N) is 1. The molecule has 0 aromatic heterocycles. The summed E-state index contributed by atoms with van der Waals surface area (Å²) in [7, 11) is -3.60. The summed E-state index contributed by atoms with van der Waals surface area (Å²) in [6.45, 7) is 0.289. The number of carbonyl (C=O) groups excluding carboxylic acids is 2. The molecule has 170 valence electrons. The molecule has 0 unspecified atom stereocenters. The van der Waals surface area contributed by atoms with Crippen LogP contribution in [-0.4, -0.2) is 50.6 Å². The molecule has 4 rings (SSSR count). The Hall–Kier alpha value is -3.25. The van der Waals surface area contributed by atoms with E-state index >= 15 is 0 Å². The molecule has 2 heterocycles. The molecule has 2 aliphatic rings. The fourth-order valence-corrected chi connectivity index (χ4v) is 4.80. The molecule has 2 aromatic rings. The van der Waals surface area contributed by atoms with Crippen LogP contribution in [0.3, 0.4) is 0 Å². The highest BCUT2D eigenvalue weighted by Crippen LogP contribution is 2.42. The fourth-order valence-electron chi connectivity index (χ4n) is 3.28. The van der Waals surface area contributed by atoms with Gasteiger partial charge in [-0.2, -0.15) is 4.31 Å². The third kappa shape index (κ3) is 4.65. The molecule has 0 radical (unpaired) electrons. The maximum atomic E-state index is 13.0. The first-order chi connectivity index (χ1) is 15.1. The number of carbonyl (C=O) groups is 2. The van der Waals surface area contributed by atoms with Gasteiger partial charge in [-0.3, -0.25) is 4.79 Å². The highest BCUT2D eigenvalue weighted by atomic mass is 32.2. The summed E-state index contributed by atoms with van der Waals surface area (Å²) in [5, 5.41) is 2.38. The second-order valence-electron chi connectivity index (χ2n) is 7.09. The second kappa shape index (κ2) is 8.36. The predicted octanol–water partition coefficient (Wildman–Crippen LogP) is 2.59. The van der Waals surface area contributed by atoms with Gasteiger partial charge in [0, 0.05) is 24.8 Å². The van der Waals surface area contributed by atoms with Crippen LogP contribution in [0.4, 0.5) is 14.5 Å². The van der Waals surface area contributed by atoms with Crippen molar-refractivity contribution < 1.29 is 41.0 Å². The van der Waals surface area contributed by atoms with Crippen molar-refractivity contribution in [3.8, 4) is 11.5 Å². The van der Waals surface area contributed by atoms with Gasteiger partial charge in [0.05, 0.1) is 10.5 Å². The lowest BCUT2D eigenvalue weighted by Gasteiger charge is -2.15. The van der Waals surface area contributed by atoms with Crippen LogP contribution in [0.1, 0.15) is 23.2 Å². The predicted molar refractivity (Wildman–Crippen MR) is 106 cm³/mol. The van der Waals surface area contributed by atoms with Crippen LogP contribution in [0.5, 0.6) is 11.5 Å². The largest absolute Gasteiger partial charge is 0.586 e. The summed E-state index contributed by atoms with van der Waals surface area (Å²) in [4.78, 5) is 24.2. The van der Waals surface area contributed by atoms with Crippen LogP contribution in [0.2, 0.25) is 0 Å². The normalized spacial score (nSPS) is 17.2. The molecule has 0 atom stereocenters. The number of sulfonamides is 1. The summed E-state index contributed by atoms with van der Waals surface area (Å²) in [5.74, 6) is -1.95. The van der Waals surface area contributed by atoms with E-state index in [2.05, 4.69) is 14.8 Å². The first-order valence-corrected chi connectivity index (χ1v) is 11.1. The zero-order valence-electron chi connectivity index (χ0n) is 16.5. The Bertz CT molecular complexity index is 1150. The first-order valence-electron chi connectivity index (χ1n) is 9.61. The summed E-state index contributed by atoms with van der Waals surface area (Å²) < 4.78 is 66.0. The zero-order chi connectivity index (χ0) is 22.9. The number of hydrogen-bond acceptors (Lipinski definition) is 7. The van der Waals surface area contributed by atoms with Gasteiger partial charge in [0.15, 0.2) is 18.1 Å². The maximum absolute atomic E-state index is 13.0. The highest BCUT2D eigenvalue weighted by Gasteiger charge is 2.43. The van der Waals surface area contributed by atoms with Gasteiger partial charge >= 0.3 is 12.3 Å². The molecule has 0 bridgehead atoms. The topological polar surface area (TPSA) is 111 Å². The molecule has 2 aromatic carbocycles. The van der Waals surface area contributed by atoms with Crippen LogP contribution < -0.4 is 14.8 Å². The molecule has 1 amide bonds. The van der Waals surface area contributed by atoms with Crippen molar-refractivity contribution in [1.29, 1.82) is 0 Å². The average Bonchev–Trinajstić information content (AvgIpc) is 3.39. The van der Waals surface area contributed by atoms with E-state index in [0.29, 0.717) is 13.1 Å². The smallest absolute Gasteiger partial charge is 0.452 e. The highest BCUT2D eigenvalue weighted by molar-refractivity contribution is 7.89. The minimum Gasteiger partial charge on any atom is -0.452 e. The maximum Gasteiger partial charge on any atom is 0.586 e. The number of benzene rings is 2. The van der Waals surface area contributed by atoms with Gasteiger partial charge in [0.25, 0.3) is 5.91 Å². The third-order valence-electron chi connectivity index (χ3n) is 4.81. The van der Waals surface area contributed by atoms with Crippen LogP contribution in [0, 0.1) is 0 Å². The number of fused-ring (bicyclic) bond motifs is 1. The van der Waals surface area contributed by atoms with E-state index < -0.39 is 34.8 Å². The summed E-state index contributed by atoms with van der Waals surface area (Å²) in [6.07, 6.45) is -2.15. The molecule has 1 N–H and O–H groups in total. The van der Waals surface area contributed by atoms with Crippen LogP contribution in [0.25, 0.3) is 0 Å². The number of esters is 1. The second-order valence-corrected chi connectivity index (χ2v) is 9.03. The van der Waals surface area contributed by atoms with E-state index in [4.69, 9.17) is 4.74 Å². The zero-order valence-corrected chi connectivity index (χ0v) is 17.4. The first kappa shape index (κ1) is 22.0. The third-order valence-corrected chi connectivity index (χ3v) is 6.73. The van der Waals surface area contributed by atoms with Crippen LogP contribution in [0.15, 0.2) is 47.4 Å². The van der Waals surface area contributed by atoms with Gasteiger partial charge in [-0.05, 0) is 49.2 Å². The number of halogens is 2. The molecule has 12 heteroatoms. The molecular formula is C20H18F2N2O7S. The SMILES string of the molecule is O=C(COC(=O)c1ccc(S(=O)(=O)N2CCCC2)cc1)Nc1ccc2c(c1)OC(F)(F)O2. The lowest BCUT2D eigenvalue weighted by atomic mass is 10.2. The lowest BCUT2D eigenvalue weighted by molar-refractivity contribution is -0.286. The fraction of sp³-hybridized carbons (Fsp3) is 0.300. The Balaban J connectivity index is 1.31. The number of alkyl halides is 2. The molecule has 1 saturated heterocycles. The van der Waals surface area contributed by atoms with Gasteiger partial charge < -0.3 is 19.5 Å². The quantitative estimate of drug-likeness (QED) is 0.649. The van der Waals surface area contributed by atoms with Gasteiger partial charge in [-0.15, -0.1) is 8.78 Å². The molecule has 0 saturated carbocycles. The monoisotopic (exact) mass is 468 g/mol. The van der Waals surface area contributed by atoms with E-state index in [1.807, 2.05) is 0 Å². The van der Waals surface area contributed by atoms with Crippen molar-refractivity contribution in [2.45, 2.75) is 24.0 Å². The Morgan fingerprint density at radius 3 is 2.38 bits per heavy atom. The number of amides is 1. The number of nitrogens with one attached hydrogen (secondary N) is 1. The van der Waals surface area contributed by atoms with Crippen LogP contribution in [-0.2, 0) is 19.6 Å². The average molecular weight is 468 g/mol. The van der Waals surface area contributed by atoms with Gasteiger partial charge in [-0.25, -0.2) is 13.2 Å². The standard InChI is InChI=1S/C20H18F2N2O7S/c21-20(22)30-16-8-5-14(11-17(16)31-20)23-18(25)12-29-19(26)13-3-6-15(7-4-13)32(27,28)24-9-1-2-10-24/h3-8,11H,1-2,9-10,12H2,(H,23,25). The van der Waals surface area contributed by atoms with E-state index in [1.165, 1.54) is 40.7 Å². The van der Waals surface area contributed by atoms with Gasteiger partial charge in [-0.1, -0.05) is 0 Å². The van der Waals surface area contributed by atoms with E-state index in [0.717, 1.165) is 18.9 Å². The minimum absolute atomic E-state index is 0.0714. The van der Waals surface area contributed by atoms with Gasteiger partial charge in [0.2, 0.25) is 10.0 Å². The molecule has 32 heavy (non-hydrogen) atoms. The molecular weight excluding hydrogens is 450 g/mol. The molecule has 0 aliphatic carbocycles. The molecule has 0 spiro atoms.